The van der Waals surface area contributed by atoms with Crippen molar-refractivity contribution in [3.63, 3.8) is 0 Å². The number of benzene rings is 2. The molecule has 4 rings (SSSR count). The summed E-state index contributed by atoms with van der Waals surface area (Å²) in [5.74, 6) is 0.438. The summed E-state index contributed by atoms with van der Waals surface area (Å²) in [7, 11) is 0. The van der Waals surface area contributed by atoms with Gasteiger partial charge in [-0.25, -0.2) is 0 Å². The molecule has 1 amide bonds. The molecule has 2 aromatic heterocycles. The van der Waals surface area contributed by atoms with E-state index in [1.165, 1.54) is 11.8 Å². The average molecular weight is 455 g/mol. The average Bonchev–Trinajstić information content (AvgIpc) is 3.16. The molecule has 8 heteroatoms. The molecule has 0 spiro atoms. The summed E-state index contributed by atoms with van der Waals surface area (Å²) in [5.41, 5.74) is 3.26. The molecule has 2 heterocycles. The van der Waals surface area contributed by atoms with Gasteiger partial charge in [0.25, 0.3) is 5.22 Å². The van der Waals surface area contributed by atoms with E-state index < -0.39 is 0 Å². The summed E-state index contributed by atoms with van der Waals surface area (Å²) in [6.07, 6.45) is 0. The van der Waals surface area contributed by atoms with Crippen LogP contribution < -0.4 is 5.32 Å². The van der Waals surface area contributed by atoms with Gasteiger partial charge >= 0.3 is 0 Å². The van der Waals surface area contributed by atoms with Crippen LogP contribution in [0.1, 0.15) is 5.69 Å². The summed E-state index contributed by atoms with van der Waals surface area (Å²) < 4.78 is 6.61. The number of aromatic nitrogens is 3. The molecule has 6 nitrogen and oxygen atoms in total. The number of hydrogen-bond donors (Lipinski definition) is 1. The molecule has 0 atom stereocenters. The second-order valence-electron chi connectivity index (χ2n) is 6.05. The van der Waals surface area contributed by atoms with Gasteiger partial charge in [-0.15, -0.1) is 10.2 Å². The van der Waals surface area contributed by atoms with Gasteiger partial charge in [0.15, 0.2) is 0 Å². The Balaban J connectivity index is 1.42. The largest absolute Gasteiger partial charge is 0.411 e. The fraction of sp³-hybridized carbons (Fsp3) is 0.100. The van der Waals surface area contributed by atoms with Crippen LogP contribution in [-0.2, 0) is 4.79 Å². The van der Waals surface area contributed by atoms with E-state index in [4.69, 9.17) is 4.42 Å². The highest BCUT2D eigenvalue weighted by molar-refractivity contribution is 9.10. The van der Waals surface area contributed by atoms with E-state index in [0.717, 1.165) is 32.3 Å². The summed E-state index contributed by atoms with van der Waals surface area (Å²) in [6.45, 7) is 1.90. The molecule has 4 aromatic rings. The summed E-state index contributed by atoms with van der Waals surface area (Å²) in [5, 5.41) is 12.2. The SMILES string of the molecule is Cc1cc(NC(=O)CSc2nnc(-c3ccc(Br)cc3)o2)c2ccccc2n1. The highest BCUT2D eigenvalue weighted by Crippen LogP contribution is 2.26. The first kappa shape index (κ1) is 18.6. The van der Waals surface area contributed by atoms with E-state index >= 15 is 0 Å². The number of amides is 1. The van der Waals surface area contributed by atoms with Crippen LogP contribution in [0.4, 0.5) is 5.69 Å². The summed E-state index contributed by atoms with van der Waals surface area (Å²) >= 11 is 4.59. The third-order valence-electron chi connectivity index (χ3n) is 3.94. The fourth-order valence-electron chi connectivity index (χ4n) is 2.70. The van der Waals surface area contributed by atoms with Crippen molar-refractivity contribution in [3.8, 4) is 11.5 Å². The molecule has 0 aliphatic heterocycles. The van der Waals surface area contributed by atoms with Crippen molar-refractivity contribution in [2.75, 3.05) is 11.1 Å². The molecule has 0 bridgehead atoms. The summed E-state index contributed by atoms with van der Waals surface area (Å²) in [6, 6.07) is 17.2. The highest BCUT2D eigenvalue weighted by Gasteiger charge is 2.13. The number of carbonyl (C=O) groups excluding carboxylic acids is 1. The van der Waals surface area contributed by atoms with E-state index in [9.17, 15) is 4.79 Å². The molecule has 0 unspecified atom stereocenters. The Kier molecular flexibility index (Phi) is 5.40. The van der Waals surface area contributed by atoms with Crippen LogP contribution in [-0.4, -0.2) is 26.8 Å². The Hall–Kier alpha value is -2.71. The zero-order valence-electron chi connectivity index (χ0n) is 14.8. The number of thioether (sulfide) groups is 1. The van der Waals surface area contributed by atoms with Crippen LogP contribution in [0, 0.1) is 6.92 Å². The predicted molar refractivity (Wildman–Crippen MR) is 113 cm³/mol. The van der Waals surface area contributed by atoms with E-state index in [1.54, 1.807) is 0 Å². The molecule has 2 aromatic carbocycles. The highest BCUT2D eigenvalue weighted by atomic mass is 79.9. The van der Waals surface area contributed by atoms with Crippen LogP contribution >= 0.6 is 27.7 Å². The maximum Gasteiger partial charge on any atom is 0.277 e. The zero-order chi connectivity index (χ0) is 19.5. The molecule has 28 heavy (non-hydrogen) atoms. The number of nitrogens with zero attached hydrogens (tertiary/aromatic N) is 3. The van der Waals surface area contributed by atoms with Gasteiger partial charge in [-0.1, -0.05) is 45.9 Å². The molecular formula is C20H15BrN4O2S. The topological polar surface area (TPSA) is 80.9 Å². The normalized spacial score (nSPS) is 10.9. The number of carbonyl (C=O) groups is 1. The van der Waals surface area contributed by atoms with Crippen LogP contribution in [0.25, 0.3) is 22.4 Å². The van der Waals surface area contributed by atoms with Gasteiger partial charge in [0.2, 0.25) is 11.8 Å². The molecule has 1 N–H and O–H groups in total. The van der Waals surface area contributed by atoms with Gasteiger partial charge in [0, 0.05) is 21.1 Å². The number of halogens is 1. The van der Waals surface area contributed by atoms with Crippen molar-refractivity contribution in [2.45, 2.75) is 12.1 Å². The van der Waals surface area contributed by atoms with Crippen LogP contribution in [0.15, 0.2) is 68.7 Å². The Morgan fingerprint density at radius 3 is 2.75 bits per heavy atom. The van der Waals surface area contributed by atoms with Gasteiger partial charge in [0.1, 0.15) is 0 Å². The second-order valence-corrected chi connectivity index (χ2v) is 7.89. The van der Waals surface area contributed by atoms with E-state index in [-0.39, 0.29) is 11.7 Å². The summed E-state index contributed by atoms with van der Waals surface area (Å²) in [4.78, 5) is 16.9. The Morgan fingerprint density at radius 1 is 1.14 bits per heavy atom. The maximum atomic E-state index is 12.4. The number of nitrogens with one attached hydrogen (secondary N) is 1. The van der Waals surface area contributed by atoms with E-state index in [0.29, 0.717) is 11.1 Å². The number of fused-ring (bicyclic) bond motifs is 1. The second kappa shape index (κ2) is 8.12. The van der Waals surface area contributed by atoms with Crippen molar-refractivity contribution >= 4 is 50.2 Å². The number of rotatable bonds is 5. The van der Waals surface area contributed by atoms with Crippen LogP contribution in [0.2, 0.25) is 0 Å². The Bertz CT molecular complexity index is 1140. The van der Waals surface area contributed by atoms with Gasteiger partial charge in [0.05, 0.1) is 17.0 Å². The molecule has 0 saturated heterocycles. The van der Waals surface area contributed by atoms with Crippen molar-refractivity contribution in [2.24, 2.45) is 0 Å². The number of aryl methyl sites for hydroxylation is 1. The lowest BCUT2D eigenvalue weighted by Crippen LogP contribution is -2.14. The lowest BCUT2D eigenvalue weighted by Gasteiger charge is -2.09. The minimum Gasteiger partial charge on any atom is -0.411 e. The molecule has 0 fully saturated rings. The fourth-order valence-corrected chi connectivity index (χ4v) is 3.53. The van der Waals surface area contributed by atoms with Gasteiger partial charge in [-0.05, 0) is 43.3 Å². The number of hydrogen-bond acceptors (Lipinski definition) is 6. The lowest BCUT2D eigenvalue weighted by molar-refractivity contribution is -0.113. The number of para-hydroxylation sites is 1. The third-order valence-corrected chi connectivity index (χ3v) is 5.29. The minimum atomic E-state index is -0.149. The number of pyridine rings is 1. The molecular weight excluding hydrogens is 440 g/mol. The first-order valence-electron chi connectivity index (χ1n) is 8.47. The first-order valence-corrected chi connectivity index (χ1v) is 10.2. The van der Waals surface area contributed by atoms with Crippen molar-refractivity contribution in [1.82, 2.24) is 15.2 Å². The third kappa shape index (κ3) is 4.23. The van der Waals surface area contributed by atoms with Gasteiger partial charge < -0.3 is 9.73 Å². The quantitative estimate of drug-likeness (QED) is 0.423. The molecule has 0 saturated carbocycles. The lowest BCUT2D eigenvalue weighted by atomic mass is 10.1. The van der Waals surface area contributed by atoms with Crippen molar-refractivity contribution < 1.29 is 9.21 Å². The standard InChI is InChI=1S/C20H15BrN4O2S/c1-12-10-17(15-4-2-3-5-16(15)22-12)23-18(26)11-28-20-25-24-19(27-20)13-6-8-14(21)9-7-13/h2-10H,11H2,1H3,(H,22,23,26). The molecule has 0 radical (unpaired) electrons. The minimum absolute atomic E-state index is 0.149. The van der Waals surface area contributed by atoms with E-state index in [2.05, 4.69) is 36.4 Å². The number of anilines is 1. The van der Waals surface area contributed by atoms with E-state index in [1.807, 2.05) is 61.5 Å². The van der Waals surface area contributed by atoms with Gasteiger partial charge in [-0.2, -0.15) is 0 Å². The predicted octanol–water partition coefficient (Wildman–Crippen LogP) is 5.09. The Morgan fingerprint density at radius 2 is 1.93 bits per heavy atom. The molecule has 0 aliphatic carbocycles. The zero-order valence-corrected chi connectivity index (χ0v) is 17.3. The van der Waals surface area contributed by atoms with Gasteiger partial charge in [-0.3, -0.25) is 9.78 Å². The van der Waals surface area contributed by atoms with Crippen molar-refractivity contribution in [3.05, 3.63) is 64.8 Å². The molecule has 0 aliphatic rings. The maximum absolute atomic E-state index is 12.4. The van der Waals surface area contributed by atoms with Crippen LogP contribution in [0.5, 0.6) is 0 Å². The smallest absolute Gasteiger partial charge is 0.277 e. The molecule has 140 valence electrons. The first-order chi connectivity index (χ1) is 13.6. The monoisotopic (exact) mass is 454 g/mol. The van der Waals surface area contributed by atoms with Crippen LogP contribution in [0.3, 0.4) is 0 Å². The van der Waals surface area contributed by atoms with Crippen molar-refractivity contribution in [1.29, 1.82) is 0 Å². The Labute approximate surface area is 173 Å².